The number of nitrogen functional groups attached to an aromatic ring is 1. The SMILES string of the molecule is CCNC(=O)c1ccc(N)cc1OCCOCC. The van der Waals surface area contributed by atoms with Crippen molar-refractivity contribution in [3.63, 3.8) is 0 Å². The summed E-state index contributed by atoms with van der Waals surface area (Å²) in [5, 5.41) is 2.73. The second kappa shape index (κ2) is 7.55. The Labute approximate surface area is 107 Å². The number of carbonyl (C=O) groups excluding carboxylic acids is 1. The van der Waals surface area contributed by atoms with Crippen LogP contribution in [-0.2, 0) is 4.74 Å². The summed E-state index contributed by atoms with van der Waals surface area (Å²) in [4.78, 5) is 11.8. The van der Waals surface area contributed by atoms with E-state index in [1.807, 2.05) is 13.8 Å². The van der Waals surface area contributed by atoms with Crippen LogP contribution in [0.2, 0.25) is 0 Å². The average molecular weight is 252 g/mol. The zero-order valence-electron chi connectivity index (χ0n) is 10.9. The normalized spacial score (nSPS) is 10.1. The van der Waals surface area contributed by atoms with Gasteiger partial charge in [0, 0.05) is 24.9 Å². The largest absolute Gasteiger partial charge is 0.490 e. The molecule has 1 rings (SSSR count). The number of rotatable bonds is 7. The molecule has 5 heteroatoms. The van der Waals surface area contributed by atoms with E-state index in [1.165, 1.54) is 0 Å². The zero-order chi connectivity index (χ0) is 13.4. The lowest BCUT2D eigenvalue weighted by molar-refractivity contribution is 0.0938. The smallest absolute Gasteiger partial charge is 0.255 e. The molecule has 0 radical (unpaired) electrons. The lowest BCUT2D eigenvalue weighted by Gasteiger charge is -2.12. The van der Waals surface area contributed by atoms with Gasteiger partial charge in [-0.25, -0.2) is 0 Å². The van der Waals surface area contributed by atoms with Gasteiger partial charge < -0.3 is 20.5 Å². The standard InChI is InChI=1S/C13H20N2O3/c1-3-15-13(16)11-6-5-10(14)9-12(11)18-8-7-17-4-2/h5-6,9H,3-4,7-8,14H2,1-2H3,(H,15,16). The second-order valence-corrected chi connectivity index (χ2v) is 3.66. The molecule has 0 bridgehead atoms. The van der Waals surface area contributed by atoms with Crippen molar-refractivity contribution in [2.24, 2.45) is 0 Å². The van der Waals surface area contributed by atoms with Crippen molar-refractivity contribution >= 4 is 11.6 Å². The molecule has 1 aromatic rings. The Hall–Kier alpha value is -1.75. The summed E-state index contributed by atoms with van der Waals surface area (Å²) in [5.74, 6) is 0.324. The van der Waals surface area contributed by atoms with E-state index in [2.05, 4.69) is 5.32 Å². The number of hydrogen-bond acceptors (Lipinski definition) is 4. The van der Waals surface area contributed by atoms with Gasteiger partial charge >= 0.3 is 0 Å². The molecular weight excluding hydrogens is 232 g/mol. The Bertz CT molecular complexity index is 394. The van der Waals surface area contributed by atoms with E-state index in [4.69, 9.17) is 15.2 Å². The first-order valence-electron chi connectivity index (χ1n) is 6.07. The van der Waals surface area contributed by atoms with E-state index in [1.54, 1.807) is 18.2 Å². The van der Waals surface area contributed by atoms with Gasteiger partial charge in [-0.3, -0.25) is 4.79 Å². The van der Waals surface area contributed by atoms with Gasteiger partial charge in [-0.15, -0.1) is 0 Å². The minimum absolute atomic E-state index is 0.163. The molecule has 0 fully saturated rings. The Balaban J connectivity index is 2.73. The van der Waals surface area contributed by atoms with Gasteiger partial charge in [0.25, 0.3) is 5.91 Å². The predicted octanol–water partition coefficient (Wildman–Crippen LogP) is 1.43. The summed E-state index contributed by atoms with van der Waals surface area (Å²) < 4.78 is 10.7. The molecule has 1 amide bonds. The van der Waals surface area contributed by atoms with Crippen LogP contribution in [-0.4, -0.2) is 32.3 Å². The van der Waals surface area contributed by atoms with Crippen LogP contribution in [0.25, 0.3) is 0 Å². The van der Waals surface area contributed by atoms with Crippen molar-refractivity contribution in [2.75, 3.05) is 32.1 Å². The molecular formula is C13H20N2O3. The van der Waals surface area contributed by atoms with Crippen molar-refractivity contribution in [1.29, 1.82) is 0 Å². The fourth-order valence-electron chi connectivity index (χ4n) is 1.46. The van der Waals surface area contributed by atoms with E-state index in [-0.39, 0.29) is 5.91 Å². The van der Waals surface area contributed by atoms with Crippen LogP contribution in [0.15, 0.2) is 18.2 Å². The molecule has 0 saturated carbocycles. The number of anilines is 1. The van der Waals surface area contributed by atoms with Crippen LogP contribution in [0.1, 0.15) is 24.2 Å². The maximum atomic E-state index is 11.8. The van der Waals surface area contributed by atoms with E-state index in [0.717, 1.165) is 0 Å². The lowest BCUT2D eigenvalue weighted by Crippen LogP contribution is -2.23. The third-order valence-electron chi connectivity index (χ3n) is 2.28. The van der Waals surface area contributed by atoms with Crippen LogP contribution in [0, 0.1) is 0 Å². The van der Waals surface area contributed by atoms with Gasteiger partial charge in [0.05, 0.1) is 12.2 Å². The Kier molecular flexibility index (Phi) is 6.00. The number of carbonyl (C=O) groups is 1. The number of benzene rings is 1. The highest BCUT2D eigenvalue weighted by atomic mass is 16.5. The molecule has 3 N–H and O–H groups in total. The number of hydrogen-bond donors (Lipinski definition) is 2. The van der Waals surface area contributed by atoms with Crippen LogP contribution in [0.4, 0.5) is 5.69 Å². The van der Waals surface area contributed by atoms with E-state index in [9.17, 15) is 4.79 Å². The van der Waals surface area contributed by atoms with Crippen LogP contribution in [0.5, 0.6) is 5.75 Å². The third kappa shape index (κ3) is 4.25. The summed E-state index contributed by atoms with van der Waals surface area (Å²) in [5.41, 5.74) is 6.74. The zero-order valence-corrected chi connectivity index (χ0v) is 10.9. The van der Waals surface area contributed by atoms with Crippen molar-refractivity contribution < 1.29 is 14.3 Å². The average Bonchev–Trinajstić information content (AvgIpc) is 2.35. The van der Waals surface area contributed by atoms with Crippen molar-refractivity contribution in [3.05, 3.63) is 23.8 Å². The van der Waals surface area contributed by atoms with Crippen molar-refractivity contribution in [2.45, 2.75) is 13.8 Å². The lowest BCUT2D eigenvalue weighted by atomic mass is 10.1. The Morgan fingerprint density at radius 3 is 2.78 bits per heavy atom. The second-order valence-electron chi connectivity index (χ2n) is 3.66. The molecule has 0 aromatic heterocycles. The van der Waals surface area contributed by atoms with Gasteiger partial charge in [-0.2, -0.15) is 0 Å². The highest BCUT2D eigenvalue weighted by Crippen LogP contribution is 2.21. The van der Waals surface area contributed by atoms with E-state index >= 15 is 0 Å². The number of nitrogens with one attached hydrogen (secondary N) is 1. The van der Waals surface area contributed by atoms with Crippen LogP contribution in [0.3, 0.4) is 0 Å². The van der Waals surface area contributed by atoms with E-state index < -0.39 is 0 Å². The highest BCUT2D eigenvalue weighted by molar-refractivity contribution is 5.97. The Morgan fingerprint density at radius 2 is 2.11 bits per heavy atom. The fourth-order valence-corrected chi connectivity index (χ4v) is 1.46. The first-order valence-corrected chi connectivity index (χ1v) is 6.07. The summed E-state index contributed by atoms with van der Waals surface area (Å²) in [6, 6.07) is 4.99. The summed E-state index contributed by atoms with van der Waals surface area (Å²) >= 11 is 0. The molecule has 18 heavy (non-hydrogen) atoms. The minimum atomic E-state index is -0.163. The molecule has 0 saturated heterocycles. The van der Waals surface area contributed by atoms with Crippen molar-refractivity contribution in [1.82, 2.24) is 5.32 Å². The number of nitrogens with two attached hydrogens (primary N) is 1. The molecule has 0 aliphatic rings. The monoisotopic (exact) mass is 252 g/mol. The summed E-state index contributed by atoms with van der Waals surface area (Å²) in [6.45, 7) is 5.88. The maximum Gasteiger partial charge on any atom is 0.255 e. The predicted molar refractivity (Wildman–Crippen MR) is 70.8 cm³/mol. The van der Waals surface area contributed by atoms with E-state index in [0.29, 0.717) is 43.4 Å². The molecule has 0 aliphatic heterocycles. The molecule has 0 aliphatic carbocycles. The van der Waals surface area contributed by atoms with Crippen molar-refractivity contribution in [3.8, 4) is 5.75 Å². The molecule has 100 valence electrons. The van der Waals surface area contributed by atoms with Gasteiger partial charge in [0.2, 0.25) is 0 Å². The molecule has 1 aromatic carbocycles. The van der Waals surface area contributed by atoms with Gasteiger partial charge in [0.1, 0.15) is 12.4 Å². The molecule has 5 nitrogen and oxygen atoms in total. The molecule has 0 heterocycles. The van der Waals surface area contributed by atoms with Crippen LogP contribution >= 0.6 is 0 Å². The molecule has 0 spiro atoms. The van der Waals surface area contributed by atoms with Gasteiger partial charge in [-0.1, -0.05) is 0 Å². The maximum absolute atomic E-state index is 11.8. The van der Waals surface area contributed by atoms with Crippen LogP contribution < -0.4 is 15.8 Å². The van der Waals surface area contributed by atoms with Gasteiger partial charge in [-0.05, 0) is 26.0 Å². The minimum Gasteiger partial charge on any atom is -0.490 e. The fraction of sp³-hybridized carbons (Fsp3) is 0.462. The number of amides is 1. The first-order chi connectivity index (χ1) is 8.69. The summed E-state index contributed by atoms with van der Waals surface area (Å²) in [7, 11) is 0. The Morgan fingerprint density at radius 1 is 1.33 bits per heavy atom. The molecule has 0 unspecified atom stereocenters. The first kappa shape index (κ1) is 14.3. The topological polar surface area (TPSA) is 73.6 Å². The molecule has 0 atom stereocenters. The summed E-state index contributed by atoms with van der Waals surface area (Å²) in [6.07, 6.45) is 0. The third-order valence-corrected chi connectivity index (χ3v) is 2.28. The highest BCUT2D eigenvalue weighted by Gasteiger charge is 2.12. The van der Waals surface area contributed by atoms with Gasteiger partial charge in [0.15, 0.2) is 0 Å². The quantitative estimate of drug-likeness (QED) is 0.569. The number of ether oxygens (including phenoxy) is 2.